The van der Waals surface area contributed by atoms with Gasteiger partial charge >= 0.3 is 0 Å². The van der Waals surface area contributed by atoms with E-state index >= 15 is 0 Å². The summed E-state index contributed by atoms with van der Waals surface area (Å²) in [7, 11) is 0. The van der Waals surface area contributed by atoms with Crippen LogP contribution in [0.1, 0.15) is 18.2 Å². The first-order chi connectivity index (χ1) is 12.1. The molecule has 6 heteroatoms. The highest BCUT2D eigenvalue weighted by molar-refractivity contribution is 5.78. The van der Waals surface area contributed by atoms with E-state index in [1.165, 1.54) is 10.1 Å². The number of nitrogens with zero attached hydrogens (tertiary/aromatic N) is 4. The average Bonchev–Trinajstić information content (AvgIpc) is 3.19. The van der Waals surface area contributed by atoms with Crippen molar-refractivity contribution in [1.29, 1.82) is 0 Å². The molecule has 0 spiro atoms. The Bertz CT molecular complexity index is 1120. The molecule has 3 heterocycles. The zero-order valence-electron chi connectivity index (χ0n) is 14.4. The molecule has 0 amide bonds. The number of hydrogen-bond acceptors (Lipinski definition) is 3. The molecule has 0 atom stereocenters. The summed E-state index contributed by atoms with van der Waals surface area (Å²) >= 11 is 0. The molecule has 0 radical (unpaired) electrons. The second-order valence-electron chi connectivity index (χ2n) is 6.18. The van der Waals surface area contributed by atoms with Gasteiger partial charge in [-0.05, 0) is 26.3 Å². The molecule has 0 bridgehead atoms. The van der Waals surface area contributed by atoms with Crippen LogP contribution in [0.5, 0.6) is 0 Å². The van der Waals surface area contributed by atoms with Gasteiger partial charge < -0.3 is 0 Å². The van der Waals surface area contributed by atoms with E-state index in [4.69, 9.17) is 4.98 Å². The summed E-state index contributed by atoms with van der Waals surface area (Å²) in [5, 5.41) is 7.45. The number of nitrogens with one attached hydrogen (secondary N) is 1. The number of H-pyrrole nitrogens is 1. The summed E-state index contributed by atoms with van der Waals surface area (Å²) in [5.74, 6) is 0. The maximum atomic E-state index is 12.5. The van der Waals surface area contributed by atoms with E-state index in [1.54, 1.807) is 6.07 Å². The Kier molecular flexibility index (Phi) is 3.53. The first-order valence-electron chi connectivity index (χ1n) is 8.29. The SMILES string of the molecule is CCn1cc(-c2cc(=O)n3[nH]cc(-c4ccc(C)cc4)c3n2)c(C)n1. The Morgan fingerprint density at radius 1 is 1.12 bits per heavy atom. The summed E-state index contributed by atoms with van der Waals surface area (Å²) in [6.07, 6.45) is 3.76. The summed E-state index contributed by atoms with van der Waals surface area (Å²) in [4.78, 5) is 17.3. The number of benzene rings is 1. The van der Waals surface area contributed by atoms with E-state index in [-0.39, 0.29) is 5.56 Å². The van der Waals surface area contributed by atoms with Gasteiger partial charge in [-0.1, -0.05) is 29.8 Å². The van der Waals surface area contributed by atoms with Crippen LogP contribution in [0.3, 0.4) is 0 Å². The largest absolute Gasteiger partial charge is 0.296 e. The van der Waals surface area contributed by atoms with E-state index in [1.807, 2.05) is 50.0 Å². The van der Waals surface area contributed by atoms with E-state index < -0.39 is 0 Å². The maximum Gasteiger partial charge on any atom is 0.273 e. The Balaban J connectivity index is 1.93. The molecule has 6 nitrogen and oxygen atoms in total. The van der Waals surface area contributed by atoms with Crippen LogP contribution >= 0.6 is 0 Å². The van der Waals surface area contributed by atoms with E-state index in [9.17, 15) is 4.79 Å². The molecular weight excluding hydrogens is 314 g/mol. The Morgan fingerprint density at radius 2 is 1.88 bits per heavy atom. The highest BCUT2D eigenvalue weighted by atomic mass is 16.1. The van der Waals surface area contributed by atoms with Crippen molar-refractivity contribution in [1.82, 2.24) is 24.4 Å². The van der Waals surface area contributed by atoms with Gasteiger partial charge in [0.25, 0.3) is 5.56 Å². The lowest BCUT2D eigenvalue weighted by atomic mass is 10.1. The molecule has 0 aliphatic rings. The number of fused-ring (bicyclic) bond motifs is 1. The number of aromatic amines is 1. The minimum Gasteiger partial charge on any atom is -0.296 e. The highest BCUT2D eigenvalue weighted by Gasteiger charge is 2.14. The normalized spacial score (nSPS) is 11.3. The summed E-state index contributed by atoms with van der Waals surface area (Å²) in [6, 6.07) is 9.73. The van der Waals surface area contributed by atoms with Crippen molar-refractivity contribution in [2.75, 3.05) is 0 Å². The predicted octanol–water partition coefficient (Wildman–Crippen LogP) is 3.19. The molecular formula is C19H19N5O. The molecule has 0 unspecified atom stereocenters. The molecule has 1 N–H and O–H groups in total. The lowest BCUT2D eigenvalue weighted by Crippen LogP contribution is -2.14. The fourth-order valence-electron chi connectivity index (χ4n) is 3.00. The molecule has 126 valence electrons. The second-order valence-corrected chi connectivity index (χ2v) is 6.18. The minimum absolute atomic E-state index is 0.137. The molecule has 4 aromatic rings. The lowest BCUT2D eigenvalue weighted by Gasteiger charge is -2.02. The molecule has 0 saturated heterocycles. The molecule has 0 fully saturated rings. The third-order valence-corrected chi connectivity index (χ3v) is 4.41. The number of hydrogen-bond donors (Lipinski definition) is 1. The molecule has 0 saturated carbocycles. The average molecular weight is 333 g/mol. The smallest absolute Gasteiger partial charge is 0.273 e. The van der Waals surface area contributed by atoms with Crippen molar-refractivity contribution < 1.29 is 0 Å². The summed E-state index contributed by atoms with van der Waals surface area (Å²) in [5.41, 5.74) is 6.00. The Hall–Kier alpha value is -3.15. The van der Waals surface area contributed by atoms with Gasteiger partial charge in [0.1, 0.15) is 0 Å². The molecule has 25 heavy (non-hydrogen) atoms. The predicted molar refractivity (Wildman–Crippen MR) is 97.6 cm³/mol. The van der Waals surface area contributed by atoms with E-state index in [0.29, 0.717) is 11.3 Å². The van der Waals surface area contributed by atoms with Crippen molar-refractivity contribution in [2.24, 2.45) is 0 Å². The van der Waals surface area contributed by atoms with Crippen LogP contribution in [0, 0.1) is 13.8 Å². The Morgan fingerprint density at radius 3 is 2.56 bits per heavy atom. The molecule has 0 aliphatic heterocycles. The number of aromatic nitrogens is 5. The van der Waals surface area contributed by atoms with Crippen LogP contribution in [-0.4, -0.2) is 24.4 Å². The van der Waals surface area contributed by atoms with Crippen LogP contribution in [0.4, 0.5) is 0 Å². The summed E-state index contributed by atoms with van der Waals surface area (Å²) in [6.45, 7) is 6.79. The first-order valence-corrected chi connectivity index (χ1v) is 8.29. The van der Waals surface area contributed by atoms with E-state index in [2.05, 4.69) is 22.3 Å². The zero-order valence-corrected chi connectivity index (χ0v) is 14.4. The topological polar surface area (TPSA) is 68.0 Å². The van der Waals surface area contributed by atoms with Gasteiger partial charge in [-0.15, -0.1) is 0 Å². The molecule has 1 aromatic carbocycles. The van der Waals surface area contributed by atoms with Crippen LogP contribution in [-0.2, 0) is 6.54 Å². The van der Waals surface area contributed by atoms with Crippen LogP contribution in [0.2, 0.25) is 0 Å². The highest BCUT2D eigenvalue weighted by Crippen LogP contribution is 2.26. The third kappa shape index (κ3) is 2.55. The van der Waals surface area contributed by atoms with Gasteiger partial charge in [0.2, 0.25) is 0 Å². The quantitative estimate of drug-likeness (QED) is 0.626. The van der Waals surface area contributed by atoms with Gasteiger partial charge in [0, 0.05) is 36.1 Å². The number of aryl methyl sites for hydroxylation is 3. The van der Waals surface area contributed by atoms with Gasteiger partial charge in [0.15, 0.2) is 5.65 Å². The minimum atomic E-state index is -0.137. The standard InChI is InChI=1S/C19H19N5O/c1-4-23-11-16(13(3)22-23)17-9-18(25)24-19(21-17)15(10-20-24)14-7-5-12(2)6-8-14/h5-11,20H,4H2,1-3H3. The zero-order chi connectivity index (χ0) is 17.6. The molecule has 0 aliphatic carbocycles. The van der Waals surface area contributed by atoms with Crippen LogP contribution in [0.25, 0.3) is 28.0 Å². The number of rotatable bonds is 3. The van der Waals surface area contributed by atoms with Crippen LogP contribution in [0.15, 0.2) is 47.5 Å². The van der Waals surface area contributed by atoms with Crippen molar-refractivity contribution in [3.8, 4) is 22.4 Å². The van der Waals surface area contributed by atoms with E-state index in [0.717, 1.165) is 28.9 Å². The molecule has 3 aromatic heterocycles. The lowest BCUT2D eigenvalue weighted by molar-refractivity contribution is 0.653. The Labute approximate surface area is 144 Å². The van der Waals surface area contributed by atoms with Gasteiger partial charge in [-0.25, -0.2) is 9.50 Å². The van der Waals surface area contributed by atoms with Gasteiger partial charge in [-0.3, -0.25) is 14.6 Å². The fraction of sp³-hybridized carbons (Fsp3) is 0.211. The monoisotopic (exact) mass is 333 g/mol. The van der Waals surface area contributed by atoms with Gasteiger partial charge in [-0.2, -0.15) is 5.10 Å². The second kappa shape index (κ2) is 5.73. The van der Waals surface area contributed by atoms with Crippen LogP contribution < -0.4 is 5.56 Å². The molecule has 4 rings (SSSR count). The maximum absolute atomic E-state index is 12.5. The first kappa shape index (κ1) is 15.4. The van der Waals surface area contributed by atoms with Crippen molar-refractivity contribution in [3.05, 3.63) is 64.3 Å². The summed E-state index contributed by atoms with van der Waals surface area (Å²) < 4.78 is 3.32. The fourth-order valence-corrected chi connectivity index (χ4v) is 3.00. The van der Waals surface area contributed by atoms with Gasteiger partial charge in [0.05, 0.1) is 11.4 Å². The van der Waals surface area contributed by atoms with Crippen molar-refractivity contribution >= 4 is 5.65 Å². The van der Waals surface area contributed by atoms with Crippen molar-refractivity contribution in [3.63, 3.8) is 0 Å². The van der Waals surface area contributed by atoms with Crippen molar-refractivity contribution in [2.45, 2.75) is 27.3 Å². The third-order valence-electron chi connectivity index (χ3n) is 4.41.